The molecule has 0 saturated carbocycles. The summed E-state index contributed by atoms with van der Waals surface area (Å²) in [5.41, 5.74) is 0. The normalized spacial score (nSPS) is 17.2. The van der Waals surface area contributed by atoms with Crippen molar-refractivity contribution in [1.82, 2.24) is 0 Å². The van der Waals surface area contributed by atoms with Crippen molar-refractivity contribution >= 4 is 0 Å². The molecule has 0 aromatic heterocycles. The van der Waals surface area contributed by atoms with Crippen molar-refractivity contribution in [3.05, 3.63) is 18.2 Å². The highest BCUT2D eigenvalue weighted by molar-refractivity contribution is 5.47. The largest absolute Gasteiger partial charge is 0.497 e. The van der Waals surface area contributed by atoms with E-state index in [2.05, 4.69) is 0 Å². The minimum Gasteiger partial charge on any atom is -0.497 e. The number of hydrogen-bond acceptors (Lipinski definition) is 3. The van der Waals surface area contributed by atoms with E-state index in [4.69, 9.17) is 14.2 Å². The predicted octanol–water partition coefficient (Wildman–Crippen LogP) is 2.20. The molecule has 0 spiro atoms. The van der Waals surface area contributed by atoms with E-state index in [-0.39, 0.29) is 0 Å². The average molecular weight is 180 g/mol. The lowest BCUT2D eigenvalue weighted by Gasteiger charge is -2.16. The van der Waals surface area contributed by atoms with Gasteiger partial charge in [0.25, 0.3) is 0 Å². The van der Waals surface area contributed by atoms with E-state index in [0.29, 0.717) is 0 Å². The third-order valence-electron chi connectivity index (χ3n) is 1.86. The molecule has 0 fully saturated rings. The van der Waals surface area contributed by atoms with Gasteiger partial charge in [0.1, 0.15) is 5.75 Å². The summed E-state index contributed by atoms with van der Waals surface area (Å²) in [5, 5.41) is 0. The number of rotatable bonds is 1. The summed E-state index contributed by atoms with van der Waals surface area (Å²) in [4.78, 5) is 0. The Hall–Kier alpha value is -1.38. The van der Waals surface area contributed by atoms with Crippen molar-refractivity contribution < 1.29 is 14.2 Å². The topological polar surface area (TPSA) is 27.7 Å². The zero-order valence-electron chi connectivity index (χ0n) is 7.96. The lowest BCUT2D eigenvalue weighted by molar-refractivity contribution is -0.0431. The predicted molar refractivity (Wildman–Crippen MR) is 48.3 cm³/mol. The van der Waals surface area contributed by atoms with Crippen LogP contribution in [0.1, 0.15) is 13.8 Å². The molecular weight excluding hydrogens is 168 g/mol. The Morgan fingerprint density at radius 3 is 2.54 bits per heavy atom. The fraction of sp³-hybridized carbons (Fsp3) is 0.400. The van der Waals surface area contributed by atoms with Crippen LogP contribution in [0.15, 0.2) is 18.2 Å². The molecule has 0 radical (unpaired) electrons. The molecule has 13 heavy (non-hydrogen) atoms. The highest BCUT2D eigenvalue weighted by atomic mass is 16.7. The molecule has 1 aliphatic heterocycles. The third kappa shape index (κ3) is 1.41. The van der Waals surface area contributed by atoms with Gasteiger partial charge < -0.3 is 14.2 Å². The van der Waals surface area contributed by atoms with Gasteiger partial charge in [-0.05, 0) is 12.1 Å². The summed E-state index contributed by atoms with van der Waals surface area (Å²) in [6.45, 7) is 3.75. The van der Waals surface area contributed by atoms with E-state index in [0.717, 1.165) is 17.2 Å². The summed E-state index contributed by atoms with van der Waals surface area (Å²) < 4.78 is 16.1. The molecule has 3 heteroatoms. The van der Waals surface area contributed by atoms with Crippen LogP contribution in [0.4, 0.5) is 0 Å². The number of benzene rings is 1. The summed E-state index contributed by atoms with van der Waals surface area (Å²) in [5.74, 6) is 1.73. The standard InChI is InChI=1S/C10H12O3/c1-10(2)12-8-5-4-7(11-3)6-9(8)13-10/h4-6H,1-3H3. The molecular formula is C10H12O3. The number of hydrogen-bond donors (Lipinski definition) is 0. The van der Waals surface area contributed by atoms with Crippen LogP contribution in [-0.2, 0) is 0 Å². The van der Waals surface area contributed by atoms with Gasteiger partial charge in [0.05, 0.1) is 7.11 Å². The molecule has 1 aromatic rings. The second-order valence-corrected chi connectivity index (χ2v) is 3.42. The molecule has 0 unspecified atom stereocenters. The van der Waals surface area contributed by atoms with Crippen LogP contribution in [0, 0.1) is 0 Å². The van der Waals surface area contributed by atoms with E-state index >= 15 is 0 Å². The molecule has 2 rings (SSSR count). The van der Waals surface area contributed by atoms with Gasteiger partial charge in [-0.1, -0.05) is 0 Å². The zero-order valence-corrected chi connectivity index (χ0v) is 7.96. The molecule has 0 aliphatic carbocycles. The van der Waals surface area contributed by atoms with Crippen molar-refractivity contribution in [3.63, 3.8) is 0 Å². The first kappa shape index (κ1) is 8.23. The van der Waals surface area contributed by atoms with Crippen LogP contribution in [0.3, 0.4) is 0 Å². The fourth-order valence-electron chi connectivity index (χ4n) is 1.33. The van der Waals surface area contributed by atoms with Gasteiger partial charge in [0, 0.05) is 19.9 Å². The number of methoxy groups -OCH3 is 1. The van der Waals surface area contributed by atoms with E-state index in [1.807, 2.05) is 32.0 Å². The number of ether oxygens (including phenoxy) is 3. The smallest absolute Gasteiger partial charge is 0.246 e. The molecule has 1 aromatic carbocycles. The molecule has 0 saturated heterocycles. The highest BCUT2D eigenvalue weighted by Crippen LogP contribution is 2.40. The minimum atomic E-state index is -0.561. The molecule has 1 heterocycles. The van der Waals surface area contributed by atoms with Gasteiger partial charge in [-0.15, -0.1) is 0 Å². The Bertz CT molecular complexity index is 331. The lowest BCUT2D eigenvalue weighted by atomic mass is 10.3. The van der Waals surface area contributed by atoms with Crippen molar-refractivity contribution in [2.24, 2.45) is 0 Å². The first-order valence-electron chi connectivity index (χ1n) is 4.17. The quantitative estimate of drug-likeness (QED) is 0.663. The molecule has 0 N–H and O–H groups in total. The zero-order chi connectivity index (χ0) is 9.47. The monoisotopic (exact) mass is 180 g/mol. The highest BCUT2D eigenvalue weighted by Gasteiger charge is 2.31. The Labute approximate surface area is 77.2 Å². The second kappa shape index (κ2) is 2.55. The van der Waals surface area contributed by atoms with Crippen LogP contribution in [0.25, 0.3) is 0 Å². The molecule has 3 nitrogen and oxygen atoms in total. The minimum absolute atomic E-state index is 0.561. The van der Waals surface area contributed by atoms with E-state index in [9.17, 15) is 0 Å². The van der Waals surface area contributed by atoms with Crippen molar-refractivity contribution in [1.29, 1.82) is 0 Å². The van der Waals surface area contributed by atoms with Crippen LogP contribution in [0.5, 0.6) is 17.2 Å². The average Bonchev–Trinajstić information content (AvgIpc) is 2.36. The SMILES string of the molecule is COc1ccc2c(c1)OC(C)(C)O2. The van der Waals surface area contributed by atoms with Crippen LogP contribution in [0.2, 0.25) is 0 Å². The Kier molecular flexibility index (Phi) is 1.62. The van der Waals surface area contributed by atoms with E-state index in [1.165, 1.54) is 0 Å². The number of fused-ring (bicyclic) bond motifs is 1. The first-order valence-corrected chi connectivity index (χ1v) is 4.17. The van der Waals surface area contributed by atoms with Crippen molar-refractivity contribution in [2.45, 2.75) is 19.6 Å². The molecule has 70 valence electrons. The maximum absolute atomic E-state index is 5.53. The Balaban J connectivity index is 2.36. The summed E-state index contributed by atoms with van der Waals surface area (Å²) in [6.07, 6.45) is 0. The van der Waals surface area contributed by atoms with Gasteiger partial charge in [0.2, 0.25) is 5.79 Å². The molecule has 0 amide bonds. The summed E-state index contributed by atoms with van der Waals surface area (Å²) >= 11 is 0. The maximum atomic E-state index is 5.53. The van der Waals surface area contributed by atoms with Gasteiger partial charge in [-0.2, -0.15) is 0 Å². The van der Waals surface area contributed by atoms with Gasteiger partial charge >= 0.3 is 0 Å². The first-order chi connectivity index (χ1) is 6.11. The van der Waals surface area contributed by atoms with Crippen LogP contribution >= 0.6 is 0 Å². The third-order valence-corrected chi connectivity index (χ3v) is 1.86. The maximum Gasteiger partial charge on any atom is 0.246 e. The summed E-state index contributed by atoms with van der Waals surface area (Å²) in [7, 11) is 1.63. The van der Waals surface area contributed by atoms with Crippen LogP contribution in [-0.4, -0.2) is 12.9 Å². The van der Waals surface area contributed by atoms with Gasteiger partial charge in [-0.25, -0.2) is 0 Å². The Morgan fingerprint density at radius 2 is 1.85 bits per heavy atom. The van der Waals surface area contributed by atoms with E-state index in [1.54, 1.807) is 7.11 Å². The van der Waals surface area contributed by atoms with Crippen molar-refractivity contribution in [2.75, 3.05) is 7.11 Å². The van der Waals surface area contributed by atoms with E-state index < -0.39 is 5.79 Å². The van der Waals surface area contributed by atoms with Gasteiger partial charge in [0.15, 0.2) is 11.5 Å². The van der Waals surface area contributed by atoms with Gasteiger partial charge in [-0.3, -0.25) is 0 Å². The summed E-state index contributed by atoms with van der Waals surface area (Å²) in [6, 6.07) is 5.52. The Morgan fingerprint density at radius 1 is 1.15 bits per heavy atom. The molecule has 0 atom stereocenters. The molecule has 1 aliphatic rings. The van der Waals surface area contributed by atoms with Crippen LogP contribution < -0.4 is 14.2 Å². The van der Waals surface area contributed by atoms with Crippen molar-refractivity contribution in [3.8, 4) is 17.2 Å². The fourth-order valence-corrected chi connectivity index (χ4v) is 1.33. The lowest BCUT2D eigenvalue weighted by Crippen LogP contribution is -2.29. The molecule has 0 bridgehead atoms. The second-order valence-electron chi connectivity index (χ2n) is 3.42.